The highest BCUT2D eigenvalue weighted by atomic mass is 16.7. The van der Waals surface area contributed by atoms with Crippen molar-refractivity contribution in [2.75, 3.05) is 26.2 Å². The third-order valence-electron chi connectivity index (χ3n) is 11.8. The SMILES string of the molecule is CC1CCC(CCC2CCC(CN3O[C@H]([C@@H](C)O)[C@H](CO)C3C(=O)NCCC3CNC4CCCCC34)CC2)CC1. The summed E-state index contributed by atoms with van der Waals surface area (Å²) in [7, 11) is 0. The molecule has 0 spiro atoms. The molecule has 3 aliphatic carbocycles. The van der Waals surface area contributed by atoms with Crippen LogP contribution in [0.4, 0.5) is 0 Å². The van der Waals surface area contributed by atoms with Crippen LogP contribution in [0, 0.1) is 41.4 Å². The Balaban J connectivity index is 1.09. The number of nitrogens with zero attached hydrogens (tertiary/aromatic N) is 1. The van der Waals surface area contributed by atoms with Crippen LogP contribution in [0.2, 0.25) is 0 Å². The predicted octanol–water partition coefficient (Wildman–Crippen LogP) is 4.66. The molecule has 40 heavy (non-hydrogen) atoms. The van der Waals surface area contributed by atoms with Crippen molar-refractivity contribution >= 4 is 5.91 Å². The Labute approximate surface area is 243 Å². The first-order valence-corrected chi connectivity index (χ1v) is 17.2. The van der Waals surface area contributed by atoms with Crippen molar-refractivity contribution in [3.8, 4) is 0 Å². The number of hydroxylamine groups is 2. The van der Waals surface area contributed by atoms with Gasteiger partial charge in [0, 0.05) is 25.0 Å². The Hall–Kier alpha value is -0.730. The maximum absolute atomic E-state index is 13.6. The second kappa shape index (κ2) is 14.6. The molecule has 5 aliphatic rings. The summed E-state index contributed by atoms with van der Waals surface area (Å²) in [6.45, 7) is 6.39. The van der Waals surface area contributed by atoms with E-state index in [0.29, 0.717) is 31.0 Å². The summed E-state index contributed by atoms with van der Waals surface area (Å²) in [4.78, 5) is 19.8. The molecule has 4 unspecified atom stereocenters. The molecule has 2 aliphatic heterocycles. The van der Waals surface area contributed by atoms with Crippen molar-refractivity contribution in [1.82, 2.24) is 15.7 Å². The van der Waals surface area contributed by atoms with Crippen LogP contribution < -0.4 is 10.6 Å². The molecule has 0 aromatic rings. The smallest absolute Gasteiger partial charge is 0.240 e. The Morgan fingerprint density at radius 3 is 2.27 bits per heavy atom. The van der Waals surface area contributed by atoms with Crippen LogP contribution in [0.25, 0.3) is 0 Å². The van der Waals surface area contributed by atoms with Gasteiger partial charge >= 0.3 is 0 Å². The lowest BCUT2D eigenvalue weighted by molar-refractivity contribution is -0.193. The zero-order chi connectivity index (χ0) is 28.1. The van der Waals surface area contributed by atoms with E-state index in [0.717, 1.165) is 36.6 Å². The van der Waals surface area contributed by atoms with Crippen molar-refractivity contribution in [2.45, 2.75) is 134 Å². The number of nitrogens with one attached hydrogen (secondary N) is 2. The van der Waals surface area contributed by atoms with Gasteiger partial charge in [0.05, 0.1) is 12.7 Å². The lowest BCUT2D eigenvalue weighted by Crippen LogP contribution is -2.49. The Bertz CT molecular complexity index is 780. The summed E-state index contributed by atoms with van der Waals surface area (Å²) in [6, 6.07) is 0.130. The summed E-state index contributed by atoms with van der Waals surface area (Å²) in [6.07, 6.45) is 18.4. The number of hydrogen-bond acceptors (Lipinski definition) is 6. The molecular formula is C33H59N3O4. The number of hydrogen-bond donors (Lipinski definition) is 4. The van der Waals surface area contributed by atoms with Crippen molar-refractivity contribution in [1.29, 1.82) is 0 Å². The van der Waals surface area contributed by atoms with Crippen LogP contribution in [-0.4, -0.2) is 71.7 Å². The highest BCUT2D eigenvalue weighted by Gasteiger charge is 2.49. The zero-order valence-corrected chi connectivity index (χ0v) is 25.4. The number of amides is 1. The molecule has 7 atom stereocenters. The van der Waals surface area contributed by atoms with E-state index in [1.165, 1.54) is 89.9 Å². The summed E-state index contributed by atoms with van der Waals surface area (Å²) in [5.74, 6) is 4.15. The molecule has 230 valence electrons. The number of fused-ring (bicyclic) bond motifs is 1. The minimum Gasteiger partial charge on any atom is -0.396 e. The van der Waals surface area contributed by atoms with E-state index in [4.69, 9.17) is 4.84 Å². The molecule has 0 aromatic heterocycles. The van der Waals surface area contributed by atoms with Crippen molar-refractivity contribution < 1.29 is 19.8 Å². The molecule has 7 heteroatoms. The van der Waals surface area contributed by atoms with Gasteiger partial charge in [-0.25, -0.2) is 0 Å². The molecule has 2 heterocycles. The van der Waals surface area contributed by atoms with Gasteiger partial charge in [-0.2, -0.15) is 5.06 Å². The summed E-state index contributed by atoms with van der Waals surface area (Å²) < 4.78 is 0. The monoisotopic (exact) mass is 561 g/mol. The maximum atomic E-state index is 13.6. The van der Waals surface area contributed by atoms with Crippen LogP contribution in [0.1, 0.15) is 110 Å². The molecular weight excluding hydrogens is 502 g/mol. The lowest BCUT2D eigenvalue weighted by atomic mass is 9.76. The fourth-order valence-electron chi connectivity index (χ4n) is 9.10. The third-order valence-corrected chi connectivity index (χ3v) is 11.8. The van der Waals surface area contributed by atoms with Crippen molar-refractivity contribution in [2.24, 2.45) is 41.4 Å². The predicted molar refractivity (Wildman–Crippen MR) is 158 cm³/mol. The summed E-state index contributed by atoms with van der Waals surface area (Å²) in [5.41, 5.74) is 0. The molecule has 5 fully saturated rings. The first-order valence-electron chi connectivity index (χ1n) is 17.2. The van der Waals surface area contributed by atoms with Crippen LogP contribution in [0.5, 0.6) is 0 Å². The van der Waals surface area contributed by atoms with E-state index in [1.807, 2.05) is 5.06 Å². The molecule has 0 bridgehead atoms. The molecule has 3 saturated carbocycles. The van der Waals surface area contributed by atoms with E-state index < -0.39 is 24.2 Å². The van der Waals surface area contributed by atoms with Crippen LogP contribution in [0.15, 0.2) is 0 Å². The highest BCUT2D eigenvalue weighted by Crippen LogP contribution is 2.39. The number of aliphatic hydroxyl groups is 2. The largest absolute Gasteiger partial charge is 0.396 e. The van der Waals surface area contributed by atoms with Gasteiger partial charge in [0.2, 0.25) is 5.91 Å². The van der Waals surface area contributed by atoms with E-state index in [1.54, 1.807) is 6.92 Å². The standard InChI is InChI=1S/C33H59N3O4/c1-22-7-9-24(10-8-22)11-12-25-13-15-26(16-14-25)20-36-31(29(21-37)32(40-36)23(2)38)33(39)34-18-17-27-19-35-30-6-4-3-5-28(27)30/h22-32,35,37-38H,3-21H2,1-2H3,(H,34,39)/t22?,23-,24?,25?,26?,27?,28?,29-,30?,31?,32-/m1/s1. The second-order valence-corrected chi connectivity index (χ2v) is 14.6. The average Bonchev–Trinajstić information content (AvgIpc) is 3.55. The molecule has 0 radical (unpaired) electrons. The first kappa shape index (κ1) is 30.7. The summed E-state index contributed by atoms with van der Waals surface area (Å²) in [5, 5.41) is 29.5. The van der Waals surface area contributed by atoms with Crippen molar-refractivity contribution in [3.05, 3.63) is 0 Å². The second-order valence-electron chi connectivity index (χ2n) is 14.6. The Morgan fingerprint density at radius 1 is 0.950 bits per heavy atom. The quantitative estimate of drug-likeness (QED) is 0.293. The minimum absolute atomic E-state index is 0.0520. The van der Waals surface area contributed by atoms with Gasteiger partial charge in [0.1, 0.15) is 12.1 Å². The highest BCUT2D eigenvalue weighted by molar-refractivity contribution is 5.82. The normalized spacial score (nSPS) is 41.5. The number of carbonyl (C=O) groups excluding carboxylic acids is 1. The first-order chi connectivity index (χ1) is 19.4. The van der Waals surface area contributed by atoms with E-state index in [9.17, 15) is 15.0 Å². The topological polar surface area (TPSA) is 94.1 Å². The third kappa shape index (κ3) is 7.61. The van der Waals surface area contributed by atoms with Crippen LogP contribution >= 0.6 is 0 Å². The van der Waals surface area contributed by atoms with E-state index >= 15 is 0 Å². The molecule has 0 aromatic carbocycles. The summed E-state index contributed by atoms with van der Waals surface area (Å²) >= 11 is 0. The molecule has 2 saturated heterocycles. The fourth-order valence-corrected chi connectivity index (χ4v) is 9.10. The van der Waals surface area contributed by atoms with E-state index in [-0.39, 0.29) is 12.5 Å². The maximum Gasteiger partial charge on any atom is 0.240 e. The number of rotatable bonds is 11. The molecule has 7 nitrogen and oxygen atoms in total. The van der Waals surface area contributed by atoms with Gasteiger partial charge in [-0.05, 0) is 81.1 Å². The molecule has 5 rings (SSSR count). The Morgan fingerprint density at radius 2 is 1.60 bits per heavy atom. The Kier molecular flexibility index (Phi) is 11.2. The van der Waals surface area contributed by atoms with Gasteiger partial charge in [-0.1, -0.05) is 71.1 Å². The number of carbonyl (C=O) groups is 1. The van der Waals surface area contributed by atoms with Gasteiger partial charge in [0.15, 0.2) is 0 Å². The zero-order valence-electron chi connectivity index (χ0n) is 25.4. The van der Waals surface area contributed by atoms with Crippen molar-refractivity contribution in [3.63, 3.8) is 0 Å². The van der Waals surface area contributed by atoms with Gasteiger partial charge in [-0.3, -0.25) is 9.63 Å². The van der Waals surface area contributed by atoms with E-state index in [2.05, 4.69) is 17.6 Å². The van der Waals surface area contributed by atoms with Crippen LogP contribution in [-0.2, 0) is 9.63 Å². The van der Waals surface area contributed by atoms with Crippen LogP contribution in [0.3, 0.4) is 0 Å². The lowest BCUT2D eigenvalue weighted by Gasteiger charge is -2.34. The van der Waals surface area contributed by atoms with Gasteiger partial charge < -0.3 is 20.8 Å². The number of aliphatic hydroxyl groups excluding tert-OH is 2. The fraction of sp³-hybridized carbons (Fsp3) is 0.970. The minimum atomic E-state index is -0.733. The molecule has 1 amide bonds. The van der Waals surface area contributed by atoms with Gasteiger partial charge in [0.25, 0.3) is 0 Å². The van der Waals surface area contributed by atoms with Gasteiger partial charge in [-0.15, -0.1) is 0 Å². The molecule has 4 N–H and O–H groups in total. The average molecular weight is 562 g/mol.